The highest BCUT2D eigenvalue weighted by Crippen LogP contribution is 2.27. The Morgan fingerprint density at radius 1 is 1.36 bits per heavy atom. The Kier molecular flexibility index (Phi) is 8.11. The zero-order chi connectivity index (χ0) is 24.0. The van der Waals surface area contributed by atoms with Gasteiger partial charge in [0, 0.05) is 24.9 Å². The summed E-state index contributed by atoms with van der Waals surface area (Å²) in [6.45, 7) is 7.86. The predicted molar refractivity (Wildman–Crippen MR) is 122 cm³/mol. The van der Waals surface area contributed by atoms with E-state index in [2.05, 4.69) is 21.8 Å². The number of Topliss-reactive ketones (excluding diaryl/α,β-unsaturated/α-hetero) is 1. The molecule has 8 nitrogen and oxygen atoms in total. The highest BCUT2D eigenvalue weighted by Gasteiger charge is 2.26. The second-order valence-corrected chi connectivity index (χ2v) is 9.43. The molecule has 0 amide bonds. The second-order valence-electron chi connectivity index (χ2n) is 7.59. The average molecular weight is 481 g/mol. The van der Waals surface area contributed by atoms with Crippen molar-refractivity contribution in [2.24, 2.45) is 5.10 Å². The number of halogens is 2. The highest BCUT2D eigenvalue weighted by atomic mass is 32.2. The van der Waals surface area contributed by atoms with E-state index in [1.54, 1.807) is 19.2 Å². The SMILES string of the molecule is C=C1/C=C(CCCN2CCO2)\C=N/N/C=C\1C(=O)c1c(F)ccc(NS(=O)(=O)CCC)c1F. The lowest BCUT2D eigenvalue weighted by Crippen LogP contribution is -2.39. The fraction of sp³-hybridized carbons (Fsp3) is 0.364. The van der Waals surface area contributed by atoms with Crippen molar-refractivity contribution in [2.45, 2.75) is 26.2 Å². The number of nitrogens with one attached hydrogen (secondary N) is 2. The van der Waals surface area contributed by atoms with Crippen LogP contribution in [0.1, 0.15) is 36.5 Å². The standard InChI is InChI=1S/C22H26F2N4O4S/c1-3-11-33(30,31)27-19-7-6-18(23)20(21(19)24)22(29)17-14-26-25-13-16(12-15(17)2)5-4-8-28-9-10-32-28/h6-7,12-14,26-27H,2-5,8-11H2,1H3/b16-12-,17-14+,25-13-. The van der Waals surface area contributed by atoms with E-state index in [4.69, 9.17) is 4.84 Å². The quantitative estimate of drug-likeness (QED) is 0.499. The van der Waals surface area contributed by atoms with Gasteiger partial charge in [-0.15, -0.1) is 0 Å². The fourth-order valence-corrected chi connectivity index (χ4v) is 4.45. The van der Waals surface area contributed by atoms with Gasteiger partial charge in [0.2, 0.25) is 15.8 Å². The van der Waals surface area contributed by atoms with Crippen LogP contribution in [0.2, 0.25) is 0 Å². The molecule has 0 saturated carbocycles. The Morgan fingerprint density at radius 3 is 2.79 bits per heavy atom. The van der Waals surface area contributed by atoms with Crippen LogP contribution >= 0.6 is 0 Å². The minimum Gasteiger partial charge on any atom is -0.297 e. The van der Waals surface area contributed by atoms with Crippen LogP contribution in [0, 0.1) is 11.6 Å². The van der Waals surface area contributed by atoms with Crippen molar-refractivity contribution in [1.29, 1.82) is 0 Å². The van der Waals surface area contributed by atoms with Crippen LogP contribution < -0.4 is 10.1 Å². The van der Waals surface area contributed by atoms with Gasteiger partial charge in [0.25, 0.3) is 0 Å². The molecule has 0 aliphatic carbocycles. The number of rotatable bonds is 10. The molecular formula is C22H26F2N4O4S. The first kappa shape index (κ1) is 24.7. The molecular weight excluding hydrogens is 454 g/mol. The average Bonchev–Trinajstić information content (AvgIpc) is 2.69. The summed E-state index contributed by atoms with van der Waals surface area (Å²) in [7, 11) is -3.84. The third-order valence-electron chi connectivity index (χ3n) is 5.01. The number of carbonyl (C=O) groups is 1. The molecule has 178 valence electrons. The number of hydroxylamine groups is 2. The summed E-state index contributed by atoms with van der Waals surface area (Å²) in [5, 5.41) is 5.84. The molecule has 1 fully saturated rings. The first-order valence-corrected chi connectivity index (χ1v) is 12.2. The molecule has 2 heterocycles. The zero-order valence-electron chi connectivity index (χ0n) is 18.2. The molecule has 0 bridgehead atoms. The van der Waals surface area contributed by atoms with Crippen molar-refractivity contribution in [2.75, 3.05) is 30.2 Å². The van der Waals surface area contributed by atoms with Gasteiger partial charge in [0.05, 0.1) is 29.8 Å². The van der Waals surface area contributed by atoms with Crippen LogP contribution in [-0.2, 0) is 14.9 Å². The summed E-state index contributed by atoms with van der Waals surface area (Å²) in [5.74, 6) is -3.64. The zero-order valence-corrected chi connectivity index (χ0v) is 19.1. The van der Waals surface area contributed by atoms with Gasteiger partial charge in [-0.2, -0.15) is 10.2 Å². The van der Waals surface area contributed by atoms with Crippen molar-refractivity contribution >= 4 is 27.7 Å². The highest BCUT2D eigenvalue weighted by molar-refractivity contribution is 7.92. The molecule has 1 saturated heterocycles. The molecule has 0 spiro atoms. The molecule has 0 aromatic heterocycles. The number of sulfonamides is 1. The number of hydrogen-bond acceptors (Lipinski definition) is 7. The topological polar surface area (TPSA) is 100 Å². The lowest BCUT2D eigenvalue weighted by Gasteiger charge is -2.29. The van der Waals surface area contributed by atoms with Crippen LogP contribution in [0.4, 0.5) is 14.5 Å². The minimum atomic E-state index is -3.84. The number of benzene rings is 1. The first-order valence-electron chi connectivity index (χ1n) is 10.5. The Balaban J connectivity index is 1.82. The molecule has 0 atom stereocenters. The van der Waals surface area contributed by atoms with Gasteiger partial charge in [-0.05, 0) is 48.6 Å². The largest absolute Gasteiger partial charge is 0.297 e. The Hall–Kier alpha value is -2.89. The summed E-state index contributed by atoms with van der Waals surface area (Å²) < 4.78 is 55.7. The maximum atomic E-state index is 15.0. The first-order chi connectivity index (χ1) is 15.7. The molecule has 2 N–H and O–H groups in total. The summed E-state index contributed by atoms with van der Waals surface area (Å²) in [6.07, 6.45) is 6.14. The van der Waals surface area contributed by atoms with Gasteiger partial charge in [-0.25, -0.2) is 17.2 Å². The van der Waals surface area contributed by atoms with Crippen LogP contribution in [0.15, 0.2) is 52.8 Å². The van der Waals surface area contributed by atoms with Crippen LogP contribution in [0.5, 0.6) is 0 Å². The second kappa shape index (κ2) is 10.8. The van der Waals surface area contributed by atoms with Gasteiger partial charge in [-0.1, -0.05) is 13.5 Å². The smallest absolute Gasteiger partial charge is 0.232 e. The molecule has 2 aliphatic rings. The lowest BCUT2D eigenvalue weighted by atomic mass is 9.95. The Labute approximate surface area is 191 Å². The van der Waals surface area contributed by atoms with Gasteiger partial charge in [0.1, 0.15) is 5.82 Å². The van der Waals surface area contributed by atoms with Crippen LogP contribution in [-0.4, -0.2) is 50.9 Å². The number of hydrogen-bond donors (Lipinski definition) is 2. The van der Waals surface area contributed by atoms with Gasteiger partial charge >= 0.3 is 0 Å². The van der Waals surface area contributed by atoms with Crippen molar-refractivity contribution in [1.82, 2.24) is 10.5 Å². The van der Waals surface area contributed by atoms with Gasteiger partial charge in [-0.3, -0.25) is 19.8 Å². The molecule has 1 aromatic carbocycles. The third kappa shape index (κ3) is 6.34. The lowest BCUT2D eigenvalue weighted by molar-refractivity contribution is -0.246. The summed E-state index contributed by atoms with van der Waals surface area (Å²) in [5.41, 5.74) is 2.11. The van der Waals surface area contributed by atoms with Crippen molar-refractivity contribution in [3.05, 3.63) is 64.9 Å². The van der Waals surface area contributed by atoms with Crippen molar-refractivity contribution < 1.29 is 26.8 Å². The molecule has 1 aromatic rings. The van der Waals surface area contributed by atoms with Gasteiger partial charge in [0.15, 0.2) is 5.82 Å². The van der Waals surface area contributed by atoms with E-state index in [0.717, 1.165) is 43.8 Å². The van der Waals surface area contributed by atoms with E-state index in [-0.39, 0.29) is 16.9 Å². The third-order valence-corrected chi connectivity index (χ3v) is 6.48. The molecule has 33 heavy (non-hydrogen) atoms. The molecule has 0 unspecified atom stereocenters. The molecule has 0 radical (unpaired) electrons. The normalized spacial score (nSPS) is 20.9. The van der Waals surface area contributed by atoms with Crippen LogP contribution in [0.25, 0.3) is 0 Å². The van der Waals surface area contributed by atoms with E-state index in [0.29, 0.717) is 12.8 Å². The number of carbonyl (C=O) groups excluding carboxylic acids is 1. The number of nitrogens with zero attached hydrogens (tertiary/aromatic N) is 2. The van der Waals surface area contributed by atoms with Crippen molar-refractivity contribution in [3.8, 4) is 0 Å². The number of ketones is 1. The van der Waals surface area contributed by atoms with E-state index in [9.17, 15) is 17.6 Å². The van der Waals surface area contributed by atoms with Crippen LogP contribution in [0.3, 0.4) is 0 Å². The monoisotopic (exact) mass is 480 g/mol. The number of anilines is 1. The summed E-state index contributed by atoms with van der Waals surface area (Å²) in [6, 6.07) is 1.79. The van der Waals surface area contributed by atoms with E-state index >= 15 is 4.39 Å². The fourth-order valence-electron chi connectivity index (χ4n) is 3.32. The Morgan fingerprint density at radius 2 is 2.12 bits per heavy atom. The van der Waals surface area contributed by atoms with E-state index in [1.807, 2.05) is 5.06 Å². The minimum absolute atomic E-state index is 0.0956. The summed E-state index contributed by atoms with van der Waals surface area (Å²) in [4.78, 5) is 18.3. The number of hydrazone groups is 1. The molecule has 2 aliphatic heterocycles. The summed E-state index contributed by atoms with van der Waals surface area (Å²) >= 11 is 0. The van der Waals surface area contributed by atoms with Crippen molar-refractivity contribution in [3.63, 3.8) is 0 Å². The van der Waals surface area contributed by atoms with E-state index in [1.165, 1.54) is 6.20 Å². The molecule has 11 heteroatoms. The molecule has 3 rings (SSSR count). The maximum Gasteiger partial charge on any atom is 0.232 e. The predicted octanol–water partition coefficient (Wildman–Crippen LogP) is 3.28. The van der Waals surface area contributed by atoms with E-state index < -0.39 is 38.7 Å². The number of allylic oxidation sites excluding steroid dienone is 4. The maximum absolute atomic E-state index is 15.0. The Bertz CT molecular complexity index is 1130. The van der Waals surface area contributed by atoms with Gasteiger partial charge < -0.3 is 0 Å².